The van der Waals surface area contributed by atoms with E-state index in [2.05, 4.69) is 37.0 Å². The van der Waals surface area contributed by atoms with Crippen LogP contribution >= 0.6 is 38.9 Å². The Morgan fingerprint density at radius 3 is 2.76 bits per heavy atom. The minimum Gasteiger partial charge on any atom is -0.239 e. The highest BCUT2D eigenvalue weighted by Crippen LogP contribution is 2.34. The van der Waals surface area contributed by atoms with Gasteiger partial charge in [0, 0.05) is 0 Å². The highest BCUT2D eigenvalue weighted by Gasteiger charge is 2.24. The van der Waals surface area contributed by atoms with Crippen molar-refractivity contribution in [2.24, 2.45) is 0 Å². The van der Waals surface area contributed by atoms with Crippen LogP contribution in [0, 0.1) is 18.3 Å². The molecule has 21 heavy (non-hydrogen) atoms. The highest BCUT2D eigenvalue weighted by atomic mass is 79.9. The van der Waals surface area contributed by atoms with Crippen molar-refractivity contribution in [1.82, 2.24) is 15.0 Å². The summed E-state index contributed by atoms with van der Waals surface area (Å²) in [5.41, 5.74) is 2.13. The minimum absolute atomic E-state index is 0.132. The minimum atomic E-state index is -0.573. The molecule has 3 aromatic rings. The van der Waals surface area contributed by atoms with Gasteiger partial charge in [-0.05, 0) is 46.6 Å². The van der Waals surface area contributed by atoms with Gasteiger partial charge in [0.25, 0.3) is 0 Å². The number of benzene rings is 1. The van der Waals surface area contributed by atoms with Gasteiger partial charge in [0.2, 0.25) is 5.28 Å². The molecule has 0 radical (unpaired) electrons. The van der Waals surface area contributed by atoms with E-state index < -0.39 is 5.92 Å². The van der Waals surface area contributed by atoms with Gasteiger partial charge in [-0.3, -0.25) is 0 Å². The monoisotopic (exact) mass is 378 g/mol. The summed E-state index contributed by atoms with van der Waals surface area (Å²) in [5, 5.41) is 10.4. The van der Waals surface area contributed by atoms with E-state index >= 15 is 0 Å². The lowest BCUT2D eigenvalue weighted by Crippen LogP contribution is -2.05. The SMILES string of the molecule is Cc1nc(Cl)nc([C@@H](C#N)c2nc3ccccc3s2)c1Br. The molecule has 0 fully saturated rings. The molecule has 0 amide bonds. The summed E-state index contributed by atoms with van der Waals surface area (Å²) in [5.74, 6) is -0.573. The molecule has 1 aromatic carbocycles. The van der Waals surface area contributed by atoms with E-state index in [0.29, 0.717) is 20.9 Å². The Labute approximate surface area is 138 Å². The molecule has 3 rings (SSSR count). The fourth-order valence-electron chi connectivity index (χ4n) is 1.98. The fraction of sp³-hybridized carbons (Fsp3) is 0.143. The lowest BCUT2D eigenvalue weighted by Gasteiger charge is -2.09. The second-order valence-electron chi connectivity index (χ2n) is 4.36. The molecule has 0 N–H and O–H groups in total. The first-order valence-corrected chi connectivity index (χ1v) is 8.03. The number of aromatic nitrogens is 3. The van der Waals surface area contributed by atoms with E-state index in [0.717, 1.165) is 10.2 Å². The third-order valence-corrected chi connectivity index (χ3v) is 5.23. The van der Waals surface area contributed by atoms with Gasteiger partial charge >= 0.3 is 0 Å². The summed E-state index contributed by atoms with van der Waals surface area (Å²) in [7, 11) is 0. The zero-order chi connectivity index (χ0) is 15.0. The number of fused-ring (bicyclic) bond motifs is 1. The maximum absolute atomic E-state index is 9.56. The summed E-state index contributed by atoms with van der Waals surface area (Å²) in [4.78, 5) is 12.8. The van der Waals surface area contributed by atoms with E-state index in [4.69, 9.17) is 11.6 Å². The van der Waals surface area contributed by atoms with Crippen LogP contribution < -0.4 is 0 Å². The third kappa shape index (κ3) is 2.64. The van der Waals surface area contributed by atoms with Gasteiger partial charge < -0.3 is 0 Å². The van der Waals surface area contributed by atoms with Crippen LogP contribution in [0.15, 0.2) is 28.7 Å². The zero-order valence-electron chi connectivity index (χ0n) is 10.8. The quantitative estimate of drug-likeness (QED) is 0.616. The molecule has 2 heterocycles. The van der Waals surface area contributed by atoms with Crippen molar-refractivity contribution >= 4 is 49.1 Å². The number of hydrogen-bond acceptors (Lipinski definition) is 5. The van der Waals surface area contributed by atoms with Crippen molar-refractivity contribution in [1.29, 1.82) is 5.26 Å². The van der Waals surface area contributed by atoms with E-state index in [-0.39, 0.29) is 5.28 Å². The molecular formula is C14H8BrClN4S. The Morgan fingerprint density at radius 1 is 1.29 bits per heavy atom. The molecule has 0 saturated heterocycles. The Kier molecular flexibility index (Phi) is 3.89. The van der Waals surface area contributed by atoms with Crippen LogP contribution in [-0.4, -0.2) is 15.0 Å². The Hall–Kier alpha value is -1.55. The summed E-state index contributed by atoms with van der Waals surface area (Å²) >= 11 is 10.8. The second kappa shape index (κ2) is 5.68. The van der Waals surface area contributed by atoms with E-state index in [1.54, 1.807) is 0 Å². The average Bonchev–Trinajstić information content (AvgIpc) is 2.88. The van der Waals surface area contributed by atoms with Crippen LogP contribution in [0.1, 0.15) is 22.3 Å². The predicted molar refractivity (Wildman–Crippen MR) is 86.6 cm³/mol. The number of thiazole rings is 1. The van der Waals surface area contributed by atoms with Crippen LogP contribution in [0.2, 0.25) is 5.28 Å². The first-order chi connectivity index (χ1) is 10.1. The number of aryl methyl sites for hydroxylation is 1. The molecule has 7 heteroatoms. The molecule has 4 nitrogen and oxygen atoms in total. The zero-order valence-corrected chi connectivity index (χ0v) is 14.0. The molecule has 0 aliphatic rings. The molecular weight excluding hydrogens is 372 g/mol. The average molecular weight is 380 g/mol. The number of hydrogen-bond donors (Lipinski definition) is 0. The number of rotatable bonds is 2. The molecule has 0 aliphatic carbocycles. The van der Waals surface area contributed by atoms with Gasteiger partial charge in [0.05, 0.1) is 32.1 Å². The Morgan fingerprint density at radius 2 is 2.05 bits per heavy atom. The first-order valence-electron chi connectivity index (χ1n) is 6.04. The molecule has 104 valence electrons. The third-order valence-electron chi connectivity index (χ3n) is 2.98. The molecule has 0 bridgehead atoms. The summed E-state index contributed by atoms with van der Waals surface area (Å²) in [6, 6.07) is 10.0. The van der Waals surface area contributed by atoms with Gasteiger partial charge in [-0.15, -0.1) is 11.3 Å². The standard InChI is InChI=1S/C14H8BrClN4S/c1-7-11(15)12(20-14(16)18-7)8(6-17)13-19-9-4-2-3-5-10(9)21-13/h2-5,8H,1H3/t8-/m1/s1. The van der Waals surface area contributed by atoms with Crippen LogP contribution in [0.4, 0.5) is 0 Å². The maximum atomic E-state index is 9.56. The van der Waals surface area contributed by atoms with Crippen LogP contribution in [0.5, 0.6) is 0 Å². The lowest BCUT2D eigenvalue weighted by atomic mass is 10.1. The normalized spacial score (nSPS) is 12.3. The van der Waals surface area contributed by atoms with Crippen molar-refractivity contribution in [3.8, 4) is 6.07 Å². The van der Waals surface area contributed by atoms with Crippen LogP contribution in [0.3, 0.4) is 0 Å². The van der Waals surface area contributed by atoms with Gasteiger partial charge in [0.1, 0.15) is 10.9 Å². The highest BCUT2D eigenvalue weighted by molar-refractivity contribution is 9.10. The van der Waals surface area contributed by atoms with Crippen molar-refractivity contribution in [3.05, 3.63) is 50.4 Å². The fourth-order valence-corrected chi connectivity index (χ4v) is 3.62. The van der Waals surface area contributed by atoms with Crippen LogP contribution in [0.25, 0.3) is 10.2 Å². The van der Waals surface area contributed by atoms with Crippen molar-refractivity contribution in [2.75, 3.05) is 0 Å². The molecule has 1 atom stereocenters. The van der Waals surface area contributed by atoms with E-state index in [1.807, 2.05) is 31.2 Å². The maximum Gasteiger partial charge on any atom is 0.222 e. The molecule has 0 saturated carbocycles. The topological polar surface area (TPSA) is 62.5 Å². The van der Waals surface area contributed by atoms with E-state index in [1.165, 1.54) is 11.3 Å². The van der Waals surface area contributed by atoms with Crippen molar-refractivity contribution in [2.45, 2.75) is 12.8 Å². The number of halogens is 2. The largest absolute Gasteiger partial charge is 0.239 e. The summed E-state index contributed by atoms with van der Waals surface area (Å²) in [6.07, 6.45) is 0. The van der Waals surface area contributed by atoms with Gasteiger partial charge in [-0.1, -0.05) is 12.1 Å². The Balaban J connectivity index is 2.17. The lowest BCUT2D eigenvalue weighted by molar-refractivity contribution is 0.909. The Bertz CT molecular complexity index is 838. The number of nitriles is 1. The van der Waals surface area contributed by atoms with Crippen LogP contribution in [-0.2, 0) is 0 Å². The van der Waals surface area contributed by atoms with Gasteiger partial charge in [-0.25, -0.2) is 15.0 Å². The summed E-state index contributed by atoms with van der Waals surface area (Å²) < 4.78 is 1.73. The molecule has 0 unspecified atom stereocenters. The second-order valence-corrected chi connectivity index (χ2v) is 6.55. The molecule has 0 aliphatic heterocycles. The first kappa shape index (κ1) is 14.4. The smallest absolute Gasteiger partial charge is 0.222 e. The van der Waals surface area contributed by atoms with Gasteiger partial charge in [0.15, 0.2) is 0 Å². The molecule has 0 spiro atoms. The van der Waals surface area contributed by atoms with E-state index in [9.17, 15) is 5.26 Å². The number of para-hydroxylation sites is 1. The van der Waals surface area contributed by atoms with Crippen molar-refractivity contribution in [3.63, 3.8) is 0 Å². The van der Waals surface area contributed by atoms with Crippen molar-refractivity contribution < 1.29 is 0 Å². The molecule has 2 aromatic heterocycles. The summed E-state index contributed by atoms with van der Waals surface area (Å²) in [6.45, 7) is 1.81. The number of nitrogens with zero attached hydrogens (tertiary/aromatic N) is 4. The van der Waals surface area contributed by atoms with Gasteiger partial charge in [-0.2, -0.15) is 5.26 Å². The predicted octanol–water partition coefficient (Wildman–Crippen LogP) is 4.47.